The number of benzene rings is 2. The van der Waals surface area contributed by atoms with Crippen molar-refractivity contribution in [3.8, 4) is 0 Å². The number of hydrogen-bond acceptors (Lipinski definition) is 6. The third kappa shape index (κ3) is 5.07. The van der Waals surface area contributed by atoms with E-state index in [9.17, 15) is 19.7 Å². The van der Waals surface area contributed by atoms with Crippen LogP contribution in [0, 0.1) is 10.1 Å². The summed E-state index contributed by atoms with van der Waals surface area (Å²) < 4.78 is 9.78. The van der Waals surface area contributed by atoms with Crippen molar-refractivity contribution in [2.45, 2.75) is 13.0 Å². The Morgan fingerprint density at radius 3 is 2.69 bits per heavy atom. The van der Waals surface area contributed by atoms with E-state index < -0.39 is 29.3 Å². The molecule has 3 rings (SSSR count). The van der Waals surface area contributed by atoms with Crippen LogP contribution in [0.1, 0.15) is 24.3 Å². The van der Waals surface area contributed by atoms with E-state index in [4.69, 9.17) is 9.15 Å². The average molecular weight is 394 g/mol. The van der Waals surface area contributed by atoms with Gasteiger partial charge in [-0.2, -0.15) is 0 Å². The number of rotatable bonds is 7. The molecule has 0 aliphatic carbocycles. The van der Waals surface area contributed by atoms with E-state index in [1.807, 2.05) is 49.4 Å². The Labute approximate surface area is 165 Å². The van der Waals surface area contributed by atoms with Crippen LogP contribution in [0.2, 0.25) is 0 Å². The van der Waals surface area contributed by atoms with Gasteiger partial charge >= 0.3 is 11.9 Å². The summed E-state index contributed by atoms with van der Waals surface area (Å²) in [4.78, 5) is 33.7. The van der Waals surface area contributed by atoms with Crippen LogP contribution in [-0.2, 0) is 14.3 Å². The van der Waals surface area contributed by atoms with Crippen LogP contribution in [-0.4, -0.2) is 23.4 Å². The zero-order valence-corrected chi connectivity index (χ0v) is 15.5. The Hall–Kier alpha value is -3.94. The van der Waals surface area contributed by atoms with Gasteiger partial charge in [0.1, 0.15) is 10.7 Å². The smallest absolute Gasteiger partial charge is 0.433 e. The van der Waals surface area contributed by atoms with Crippen LogP contribution in [0.5, 0.6) is 0 Å². The SMILES string of the molecule is C[C@H](NC(=O)COC(=O)/C=C/c1ccc([N+](=O)[O-])o1)c1cccc2ccccc12. The largest absolute Gasteiger partial charge is 0.452 e. The number of nitrogens with one attached hydrogen (secondary N) is 1. The molecule has 1 N–H and O–H groups in total. The Morgan fingerprint density at radius 2 is 1.93 bits per heavy atom. The van der Waals surface area contributed by atoms with E-state index >= 15 is 0 Å². The van der Waals surface area contributed by atoms with Crippen LogP contribution in [0.4, 0.5) is 5.88 Å². The zero-order chi connectivity index (χ0) is 20.8. The van der Waals surface area contributed by atoms with Crippen molar-refractivity contribution in [1.82, 2.24) is 5.32 Å². The van der Waals surface area contributed by atoms with Crippen LogP contribution in [0.15, 0.2) is 65.1 Å². The van der Waals surface area contributed by atoms with Crippen LogP contribution in [0.3, 0.4) is 0 Å². The predicted molar refractivity (Wildman–Crippen MR) is 106 cm³/mol. The number of esters is 1. The molecule has 1 heterocycles. The topological polar surface area (TPSA) is 112 Å². The third-order valence-corrected chi connectivity index (χ3v) is 4.19. The highest BCUT2D eigenvalue weighted by Crippen LogP contribution is 2.24. The van der Waals surface area contributed by atoms with Crippen molar-refractivity contribution in [2.75, 3.05) is 6.61 Å². The number of carbonyl (C=O) groups excluding carboxylic acids is 2. The summed E-state index contributed by atoms with van der Waals surface area (Å²) >= 11 is 0. The summed E-state index contributed by atoms with van der Waals surface area (Å²) in [6.07, 6.45) is 2.26. The number of ether oxygens (including phenoxy) is 1. The van der Waals surface area contributed by atoms with Crippen molar-refractivity contribution in [2.24, 2.45) is 0 Å². The highest BCUT2D eigenvalue weighted by Gasteiger charge is 2.14. The lowest BCUT2D eigenvalue weighted by Crippen LogP contribution is -2.31. The highest BCUT2D eigenvalue weighted by molar-refractivity contribution is 5.89. The monoisotopic (exact) mass is 394 g/mol. The number of carbonyl (C=O) groups is 2. The molecule has 0 bridgehead atoms. The molecule has 0 saturated carbocycles. The maximum absolute atomic E-state index is 12.1. The lowest BCUT2D eigenvalue weighted by Gasteiger charge is -2.16. The quantitative estimate of drug-likeness (QED) is 0.282. The minimum absolute atomic E-state index is 0.127. The highest BCUT2D eigenvalue weighted by atomic mass is 16.6. The van der Waals surface area contributed by atoms with Crippen molar-refractivity contribution in [1.29, 1.82) is 0 Å². The van der Waals surface area contributed by atoms with Gasteiger partial charge in [0.25, 0.3) is 5.91 Å². The number of fused-ring (bicyclic) bond motifs is 1. The van der Waals surface area contributed by atoms with Gasteiger partial charge in [-0.15, -0.1) is 0 Å². The van der Waals surface area contributed by atoms with Gasteiger partial charge in [0.2, 0.25) is 0 Å². The van der Waals surface area contributed by atoms with Crippen molar-refractivity contribution in [3.05, 3.63) is 82.1 Å². The molecule has 0 aliphatic rings. The molecule has 8 nitrogen and oxygen atoms in total. The molecule has 0 unspecified atom stereocenters. The fraction of sp³-hybridized carbons (Fsp3) is 0.143. The van der Waals surface area contributed by atoms with Crippen molar-refractivity contribution < 1.29 is 23.7 Å². The normalized spacial score (nSPS) is 12.0. The van der Waals surface area contributed by atoms with Crippen LogP contribution < -0.4 is 5.32 Å². The lowest BCUT2D eigenvalue weighted by molar-refractivity contribution is -0.402. The van der Waals surface area contributed by atoms with E-state index in [-0.39, 0.29) is 11.8 Å². The maximum Gasteiger partial charge on any atom is 0.433 e. The first-order valence-electron chi connectivity index (χ1n) is 8.80. The molecule has 1 aromatic heterocycles. The zero-order valence-electron chi connectivity index (χ0n) is 15.5. The average Bonchev–Trinajstić information content (AvgIpc) is 3.19. The van der Waals surface area contributed by atoms with Crippen molar-refractivity contribution >= 4 is 34.6 Å². The summed E-state index contributed by atoms with van der Waals surface area (Å²) in [5, 5.41) is 15.5. The van der Waals surface area contributed by atoms with E-state index in [1.165, 1.54) is 18.2 Å². The number of amides is 1. The second-order valence-corrected chi connectivity index (χ2v) is 6.23. The molecule has 29 heavy (non-hydrogen) atoms. The van der Waals surface area contributed by atoms with Gasteiger partial charge in [0.15, 0.2) is 6.61 Å². The third-order valence-electron chi connectivity index (χ3n) is 4.19. The van der Waals surface area contributed by atoms with Gasteiger partial charge < -0.3 is 14.5 Å². The molecule has 0 aliphatic heterocycles. The van der Waals surface area contributed by atoms with Gasteiger partial charge in [-0.1, -0.05) is 42.5 Å². The molecular formula is C21H18N2O6. The summed E-state index contributed by atoms with van der Waals surface area (Å²) in [6.45, 7) is 1.40. The minimum Gasteiger partial charge on any atom is -0.452 e. The van der Waals surface area contributed by atoms with E-state index in [2.05, 4.69) is 5.32 Å². The van der Waals surface area contributed by atoms with E-state index in [0.717, 1.165) is 22.4 Å². The summed E-state index contributed by atoms with van der Waals surface area (Å²) in [5.41, 5.74) is 0.960. The van der Waals surface area contributed by atoms with Gasteiger partial charge in [-0.3, -0.25) is 14.9 Å². The fourth-order valence-corrected chi connectivity index (χ4v) is 2.85. The number of nitro groups is 1. The molecule has 8 heteroatoms. The summed E-state index contributed by atoms with van der Waals surface area (Å²) in [6, 6.07) is 16.0. The molecule has 148 valence electrons. The summed E-state index contributed by atoms with van der Waals surface area (Å²) in [5.74, 6) is -1.51. The molecule has 0 radical (unpaired) electrons. The minimum atomic E-state index is -0.767. The second kappa shape index (κ2) is 8.83. The molecule has 2 aromatic carbocycles. The number of hydrogen-bond donors (Lipinski definition) is 1. The Bertz CT molecular complexity index is 1080. The Balaban J connectivity index is 1.53. The first-order valence-corrected chi connectivity index (χ1v) is 8.80. The Morgan fingerprint density at radius 1 is 1.17 bits per heavy atom. The maximum atomic E-state index is 12.1. The first kappa shape index (κ1) is 19.8. The molecule has 0 spiro atoms. The molecule has 0 fully saturated rings. The van der Waals surface area contributed by atoms with Crippen LogP contribution in [0.25, 0.3) is 16.8 Å². The van der Waals surface area contributed by atoms with Gasteiger partial charge in [-0.05, 0) is 35.4 Å². The number of furan rings is 1. The van der Waals surface area contributed by atoms with E-state index in [0.29, 0.717) is 0 Å². The molecule has 1 atom stereocenters. The van der Waals surface area contributed by atoms with Gasteiger partial charge in [0, 0.05) is 6.08 Å². The second-order valence-electron chi connectivity index (χ2n) is 6.23. The molecule has 0 saturated heterocycles. The summed E-state index contributed by atoms with van der Waals surface area (Å²) in [7, 11) is 0. The molecule has 1 amide bonds. The first-order chi connectivity index (χ1) is 13.9. The number of nitrogens with zero attached hydrogens (tertiary/aromatic N) is 1. The fourth-order valence-electron chi connectivity index (χ4n) is 2.85. The predicted octanol–water partition coefficient (Wildman–Crippen LogP) is 3.77. The van der Waals surface area contributed by atoms with Crippen LogP contribution >= 0.6 is 0 Å². The standard InChI is InChI=1S/C21H18N2O6/c1-14(17-8-4-6-15-5-2-3-7-18(15)17)22-19(24)13-28-21(25)12-10-16-9-11-20(29-16)23(26)27/h2-12,14H,13H2,1H3,(H,22,24)/b12-10+/t14-/m0/s1. The van der Waals surface area contributed by atoms with E-state index in [1.54, 1.807) is 0 Å². The molecule has 3 aromatic rings. The van der Waals surface area contributed by atoms with Crippen molar-refractivity contribution in [3.63, 3.8) is 0 Å². The Kier molecular flexibility index (Phi) is 6.03. The van der Waals surface area contributed by atoms with Gasteiger partial charge in [-0.25, -0.2) is 4.79 Å². The lowest BCUT2D eigenvalue weighted by atomic mass is 10.00. The molecular weight excluding hydrogens is 376 g/mol. The van der Waals surface area contributed by atoms with Gasteiger partial charge in [0.05, 0.1) is 12.1 Å².